The van der Waals surface area contributed by atoms with Crippen molar-refractivity contribution >= 4 is 50.9 Å². The predicted molar refractivity (Wildman–Crippen MR) is 147 cm³/mol. The second kappa shape index (κ2) is 10.4. The summed E-state index contributed by atoms with van der Waals surface area (Å²) in [5.41, 5.74) is 5.49. The topological polar surface area (TPSA) is 104 Å². The van der Waals surface area contributed by atoms with E-state index in [0.717, 1.165) is 33.7 Å². The molecule has 9 nitrogen and oxygen atoms in total. The van der Waals surface area contributed by atoms with Crippen molar-refractivity contribution in [3.63, 3.8) is 0 Å². The average Bonchev–Trinajstić information content (AvgIpc) is 2.93. The minimum absolute atomic E-state index is 0.0389. The lowest BCUT2D eigenvalue weighted by Gasteiger charge is -2.10. The molecule has 2 heterocycles. The lowest BCUT2D eigenvalue weighted by molar-refractivity contribution is -0.671. The molecule has 0 saturated heterocycles. The minimum Gasteiger partial charge on any atom is -0.355 e. The maximum absolute atomic E-state index is 12.8. The number of nitro groups is 1. The van der Waals surface area contributed by atoms with E-state index in [1.807, 2.05) is 96.4 Å². The molecule has 188 valence electrons. The number of hydrogen-bond acceptors (Lipinski definition) is 5. The molecule has 0 saturated carbocycles. The second-order valence-corrected chi connectivity index (χ2v) is 8.91. The van der Waals surface area contributed by atoms with Crippen molar-refractivity contribution in [2.75, 3.05) is 16.0 Å². The van der Waals surface area contributed by atoms with Gasteiger partial charge in [-0.1, -0.05) is 0 Å². The van der Waals surface area contributed by atoms with Gasteiger partial charge in [0, 0.05) is 46.9 Å². The molecule has 1 amide bonds. The van der Waals surface area contributed by atoms with Gasteiger partial charge in [-0.05, 0) is 54.6 Å². The molecule has 0 aliphatic carbocycles. The minimum atomic E-state index is -0.403. The molecule has 0 fully saturated rings. The fourth-order valence-electron chi connectivity index (χ4n) is 4.07. The maximum atomic E-state index is 12.8. The average molecular weight is 507 g/mol. The quantitative estimate of drug-likeness (QED) is 0.161. The Morgan fingerprint density at radius 2 is 1.34 bits per heavy atom. The largest absolute Gasteiger partial charge is 0.355 e. The molecule has 3 N–H and O–H groups in total. The van der Waals surface area contributed by atoms with Crippen LogP contribution in [0.2, 0.25) is 0 Å². The number of amides is 1. The summed E-state index contributed by atoms with van der Waals surface area (Å²) in [5.74, 6) is -0.211. The van der Waals surface area contributed by atoms with E-state index in [2.05, 4.69) is 16.0 Å². The Morgan fingerprint density at radius 1 is 0.737 bits per heavy atom. The Labute approximate surface area is 219 Å². The van der Waals surface area contributed by atoms with Crippen LogP contribution in [0.4, 0.5) is 34.1 Å². The zero-order valence-electron chi connectivity index (χ0n) is 20.9. The van der Waals surface area contributed by atoms with Crippen LogP contribution in [0, 0.1) is 10.1 Å². The fourth-order valence-corrected chi connectivity index (χ4v) is 4.07. The molecule has 0 aliphatic heterocycles. The zero-order valence-corrected chi connectivity index (χ0v) is 20.9. The number of nitro benzene ring substituents is 1. The third-order valence-electron chi connectivity index (χ3n) is 6.16. The molecule has 2 aromatic heterocycles. The molecular weight excluding hydrogens is 480 g/mol. The summed E-state index contributed by atoms with van der Waals surface area (Å²) < 4.78 is 3.80. The van der Waals surface area contributed by atoms with Gasteiger partial charge >= 0.3 is 0 Å². The Balaban J connectivity index is 1.25. The zero-order chi connectivity index (χ0) is 26.6. The van der Waals surface area contributed by atoms with Gasteiger partial charge in [-0.2, -0.15) is 0 Å². The lowest BCUT2D eigenvalue weighted by atomic mass is 10.1. The summed E-state index contributed by atoms with van der Waals surface area (Å²) in [6.07, 6.45) is 5.78. The number of benzene rings is 3. The highest BCUT2D eigenvalue weighted by molar-refractivity contribution is 6.04. The molecule has 0 spiro atoms. The van der Waals surface area contributed by atoms with Crippen molar-refractivity contribution in [1.82, 2.24) is 0 Å². The van der Waals surface area contributed by atoms with Gasteiger partial charge < -0.3 is 16.0 Å². The molecule has 5 aromatic rings. The van der Waals surface area contributed by atoms with Crippen LogP contribution < -0.4 is 25.1 Å². The number of anilines is 5. The summed E-state index contributed by atoms with van der Waals surface area (Å²) >= 11 is 0. The van der Waals surface area contributed by atoms with Gasteiger partial charge in [0.25, 0.3) is 11.6 Å². The first kappa shape index (κ1) is 24.4. The molecule has 0 bridgehead atoms. The van der Waals surface area contributed by atoms with Gasteiger partial charge in [0.2, 0.25) is 5.52 Å². The normalized spacial score (nSPS) is 10.7. The number of nitrogens with one attached hydrogen (secondary N) is 3. The molecule has 0 unspecified atom stereocenters. The van der Waals surface area contributed by atoms with Crippen LogP contribution in [0.5, 0.6) is 0 Å². The summed E-state index contributed by atoms with van der Waals surface area (Å²) in [6, 6.07) is 25.3. The van der Waals surface area contributed by atoms with Crippen LogP contribution in [0.3, 0.4) is 0 Å². The number of pyridine rings is 2. The van der Waals surface area contributed by atoms with Gasteiger partial charge in [-0.3, -0.25) is 14.9 Å². The number of non-ortho nitro benzene ring substituents is 1. The van der Waals surface area contributed by atoms with Crippen LogP contribution in [0.25, 0.3) is 10.9 Å². The van der Waals surface area contributed by atoms with Gasteiger partial charge in [-0.25, -0.2) is 9.13 Å². The van der Waals surface area contributed by atoms with E-state index in [9.17, 15) is 14.9 Å². The SMILES string of the molecule is C[n+]1ccc(Nc2ccc(NC(=O)c3ccc(Nc4cc[n+](C)c5cc([N+](=O)[O-])ccc45)cc3)cc2)cc1. The Bertz CT molecular complexity index is 1630. The third kappa shape index (κ3) is 5.41. The summed E-state index contributed by atoms with van der Waals surface area (Å²) in [6.45, 7) is 0. The third-order valence-corrected chi connectivity index (χ3v) is 6.16. The van der Waals surface area contributed by atoms with Gasteiger partial charge in [-0.15, -0.1) is 0 Å². The summed E-state index contributed by atoms with van der Waals surface area (Å²) in [4.78, 5) is 23.6. The van der Waals surface area contributed by atoms with E-state index in [4.69, 9.17) is 0 Å². The molecular formula is C29H26N6O3+2. The highest BCUT2D eigenvalue weighted by Gasteiger charge is 2.16. The first-order chi connectivity index (χ1) is 18.4. The standard InChI is InChI=1S/C29H24N6O3/c1-33-16-13-24(14-17-33)30-21-7-9-23(10-8-21)32-29(36)20-3-5-22(6-4-20)31-27-15-18-34(2)28-19-25(35(37)38)11-12-26(27)28/h3-19H,1-2H3,(H,32,36)/p+2. The Hall–Kier alpha value is -5.31. The number of carbonyl (C=O) groups is 1. The van der Waals surface area contributed by atoms with Crippen molar-refractivity contribution in [3.8, 4) is 0 Å². The number of fused-ring (bicyclic) bond motifs is 1. The van der Waals surface area contributed by atoms with Gasteiger partial charge in [0.15, 0.2) is 18.6 Å². The maximum Gasteiger partial charge on any atom is 0.276 e. The van der Waals surface area contributed by atoms with Crippen LogP contribution in [0.1, 0.15) is 10.4 Å². The number of nitrogens with zero attached hydrogens (tertiary/aromatic N) is 3. The van der Waals surface area contributed by atoms with E-state index in [1.165, 1.54) is 6.07 Å². The van der Waals surface area contributed by atoms with Crippen LogP contribution >= 0.6 is 0 Å². The molecule has 0 radical (unpaired) electrons. The molecule has 0 aliphatic rings. The summed E-state index contributed by atoms with van der Waals surface area (Å²) in [7, 11) is 3.81. The van der Waals surface area contributed by atoms with Crippen molar-refractivity contribution in [3.05, 3.63) is 119 Å². The number of aryl methyl sites for hydroxylation is 2. The lowest BCUT2D eigenvalue weighted by Crippen LogP contribution is -2.28. The first-order valence-corrected chi connectivity index (χ1v) is 11.9. The Morgan fingerprint density at radius 3 is 2.03 bits per heavy atom. The predicted octanol–water partition coefficient (Wildman–Crippen LogP) is 5.14. The van der Waals surface area contributed by atoms with Crippen molar-refractivity contribution in [2.24, 2.45) is 14.1 Å². The molecule has 9 heteroatoms. The molecule has 38 heavy (non-hydrogen) atoms. The second-order valence-electron chi connectivity index (χ2n) is 8.91. The monoisotopic (exact) mass is 506 g/mol. The highest BCUT2D eigenvalue weighted by Crippen LogP contribution is 2.27. The molecule has 3 aromatic carbocycles. The molecule has 0 atom stereocenters. The number of carbonyl (C=O) groups excluding carboxylic acids is 1. The number of rotatable bonds is 7. The van der Waals surface area contributed by atoms with Crippen LogP contribution in [-0.2, 0) is 14.1 Å². The van der Waals surface area contributed by atoms with Crippen molar-refractivity contribution in [1.29, 1.82) is 0 Å². The van der Waals surface area contributed by atoms with E-state index in [-0.39, 0.29) is 11.6 Å². The van der Waals surface area contributed by atoms with E-state index in [0.29, 0.717) is 11.3 Å². The van der Waals surface area contributed by atoms with Gasteiger partial charge in [0.1, 0.15) is 14.1 Å². The molecule has 5 rings (SSSR count). The fraction of sp³-hybridized carbons (Fsp3) is 0.0690. The van der Waals surface area contributed by atoms with E-state index >= 15 is 0 Å². The van der Waals surface area contributed by atoms with Crippen LogP contribution in [-0.4, -0.2) is 10.8 Å². The van der Waals surface area contributed by atoms with Crippen molar-refractivity contribution in [2.45, 2.75) is 0 Å². The van der Waals surface area contributed by atoms with Gasteiger partial charge in [0.05, 0.1) is 27.8 Å². The van der Waals surface area contributed by atoms with Crippen LogP contribution in [0.15, 0.2) is 104 Å². The number of aromatic nitrogens is 2. The van der Waals surface area contributed by atoms with Crippen molar-refractivity contribution < 1.29 is 18.9 Å². The first-order valence-electron chi connectivity index (χ1n) is 11.9. The highest BCUT2D eigenvalue weighted by atomic mass is 16.6. The Kier molecular flexibility index (Phi) is 6.65. The smallest absolute Gasteiger partial charge is 0.276 e. The van der Waals surface area contributed by atoms with E-state index < -0.39 is 4.92 Å². The number of hydrogen-bond donors (Lipinski definition) is 3. The summed E-state index contributed by atoms with van der Waals surface area (Å²) in [5, 5.41) is 21.6. The van der Waals surface area contributed by atoms with E-state index in [1.54, 1.807) is 24.3 Å².